The Bertz CT molecular complexity index is 1220. The number of likely N-dealkylation sites (tertiary alicyclic amines) is 1. The molecule has 2 aromatic heterocycles. The number of amides is 3. The Morgan fingerprint density at radius 3 is 2.48 bits per heavy atom. The van der Waals surface area contributed by atoms with Crippen LogP contribution in [-0.2, 0) is 14.4 Å². The molecule has 0 radical (unpaired) electrons. The Morgan fingerprint density at radius 2 is 1.82 bits per heavy atom. The molecule has 3 aromatic rings. The molecule has 2 fully saturated rings. The van der Waals surface area contributed by atoms with Crippen LogP contribution in [0, 0.1) is 23.7 Å². The molecule has 1 aromatic carbocycles. The Kier molecular flexibility index (Phi) is 4.76. The van der Waals surface area contributed by atoms with Gasteiger partial charge in [0.1, 0.15) is 11.8 Å². The van der Waals surface area contributed by atoms with Gasteiger partial charge in [-0.15, -0.1) is 11.3 Å². The van der Waals surface area contributed by atoms with Crippen molar-refractivity contribution in [2.75, 3.05) is 5.32 Å². The Hall–Kier alpha value is -3.52. The van der Waals surface area contributed by atoms with E-state index in [0.29, 0.717) is 10.9 Å². The number of fused-ring (bicyclic) bond motifs is 5. The fraction of sp³-hybridized carbons (Fsp3) is 0.280. The minimum Gasteiger partial charge on any atom is -0.467 e. The summed E-state index contributed by atoms with van der Waals surface area (Å²) in [6.45, 7) is 0. The van der Waals surface area contributed by atoms with Crippen LogP contribution in [-0.4, -0.2) is 27.6 Å². The van der Waals surface area contributed by atoms with Crippen LogP contribution in [0.25, 0.3) is 11.3 Å². The van der Waals surface area contributed by atoms with Crippen LogP contribution in [0.4, 0.5) is 5.13 Å². The summed E-state index contributed by atoms with van der Waals surface area (Å²) in [6, 6.07) is 12.3. The quantitative estimate of drug-likeness (QED) is 0.439. The first-order valence-electron chi connectivity index (χ1n) is 11.0. The number of rotatable bonds is 6. The molecule has 2 bridgehead atoms. The molecule has 1 N–H and O–H groups in total. The number of nitrogens with zero attached hydrogens (tertiary/aromatic N) is 2. The van der Waals surface area contributed by atoms with Gasteiger partial charge in [0.2, 0.25) is 17.7 Å². The molecule has 1 saturated heterocycles. The highest BCUT2D eigenvalue weighted by molar-refractivity contribution is 7.14. The summed E-state index contributed by atoms with van der Waals surface area (Å²) in [7, 11) is 0. The van der Waals surface area contributed by atoms with Crippen LogP contribution >= 0.6 is 11.3 Å². The van der Waals surface area contributed by atoms with Gasteiger partial charge in [0.15, 0.2) is 5.13 Å². The third-order valence-corrected chi connectivity index (χ3v) is 7.64. The number of anilines is 1. The van der Waals surface area contributed by atoms with Gasteiger partial charge in [-0.2, -0.15) is 0 Å². The molecule has 6 rings (SSSR count). The lowest BCUT2D eigenvalue weighted by atomic mass is 9.85. The number of furan rings is 1. The summed E-state index contributed by atoms with van der Waals surface area (Å²) in [5, 5.41) is 5.17. The molecular formula is C25H21N3O4S. The molecule has 3 amide bonds. The van der Waals surface area contributed by atoms with Crippen molar-refractivity contribution in [3.8, 4) is 11.3 Å². The molecule has 3 heterocycles. The minimum atomic E-state index is -0.779. The molecule has 33 heavy (non-hydrogen) atoms. The highest BCUT2D eigenvalue weighted by Gasteiger charge is 2.60. The predicted molar refractivity (Wildman–Crippen MR) is 122 cm³/mol. The smallest absolute Gasteiger partial charge is 0.234 e. The summed E-state index contributed by atoms with van der Waals surface area (Å²) in [4.78, 5) is 45.4. The van der Waals surface area contributed by atoms with Crippen molar-refractivity contribution in [3.63, 3.8) is 0 Å². The van der Waals surface area contributed by atoms with Crippen LogP contribution in [0.15, 0.2) is 70.7 Å². The van der Waals surface area contributed by atoms with Crippen molar-refractivity contribution in [1.82, 2.24) is 9.88 Å². The summed E-state index contributed by atoms with van der Waals surface area (Å²) >= 11 is 1.33. The van der Waals surface area contributed by atoms with Crippen molar-refractivity contribution in [2.45, 2.75) is 18.9 Å². The number of allylic oxidation sites excluding steroid dienone is 2. The molecule has 7 nitrogen and oxygen atoms in total. The molecule has 1 aliphatic heterocycles. The van der Waals surface area contributed by atoms with Gasteiger partial charge < -0.3 is 9.73 Å². The van der Waals surface area contributed by atoms with E-state index in [4.69, 9.17) is 4.42 Å². The molecule has 8 heteroatoms. The third kappa shape index (κ3) is 3.33. The van der Waals surface area contributed by atoms with Crippen molar-refractivity contribution in [3.05, 3.63) is 72.0 Å². The fourth-order valence-electron chi connectivity index (χ4n) is 5.45. The van der Waals surface area contributed by atoms with Gasteiger partial charge in [-0.3, -0.25) is 19.3 Å². The standard InChI is InChI=1S/C25H21N3O4S/c29-20(27-25-26-17(13-33-25)14-5-2-1-3-6-14)12-18(19-7-4-10-32-19)28-23(30)21-15-8-9-16(11-15)22(21)24(28)31/h1-10,13,15-16,18,21-22H,11-12H2,(H,26,27,29). The van der Waals surface area contributed by atoms with E-state index in [-0.39, 0.29) is 47.8 Å². The number of carbonyl (C=O) groups excluding carboxylic acids is 3. The molecule has 1 saturated carbocycles. The zero-order valence-corrected chi connectivity index (χ0v) is 18.4. The van der Waals surface area contributed by atoms with E-state index < -0.39 is 6.04 Å². The number of hydrogen-bond donors (Lipinski definition) is 1. The number of nitrogens with one attached hydrogen (secondary N) is 1. The van der Waals surface area contributed by atoms with Crippen LogP contribution in [0.3, 0.4) is 0 Å². The van der Waals surface area contributed by atoms with E-state index in [2.05, 4.69) is 22.5 Å². The highest BCUT2D eigenvalue weighted by Crippen LogP contribution is 2.54. The van der Waals surface area contributed by atoms with Crippen LogP contribution in [0.2, 0.25) is 0 Å². The zero-order valence-electron chi connectivity index (χ0n) is 17.6. The Balaban J connectivity index is 1.22. The normalized spacial score (nSPS) is 26.1. The lowest BCUT2D eigenvalue weighted by Gasteiger charge is -2.25. The largest absolute Gasteiger partial charge is 0.467 e. The van der Waals surface area contributed by atoms with Gasteiger partial charge in [0.05, 0.1) is 30.2 Å². The second kappa shape index (κ2) is 7.81. The maximum Gasteiger partial charge on any atom is 0.234 e. The van der Waals surface area contributed by atoms with Gasteiger partial charge in [-0.25, -0.2) is 4.98 Å². The third-order valence-electron chi connectivity index (χ3n) is 6.89. The Morgan fingerprint density at radius 1 is 1.09 bits per heavy atom. The second-order valence-corrected chi connectivity index (χ2v) is 9.59. The first-order chi connectivity index (χ1) is 16.1. The van der Waals surface area contributed by atoms with E-state index in [1.165, 1.54) is 22.5 Å². The van der Waals surface area contributed by atoms with Crippen molar-refractivity contribution in [2.24, 2.45) is 23.7 Å². The van der Waals surface area contributed by atoms with Crippen molar-refractivity contribution < 1.29 is 18.8 Å². The number of aromatic nitrogens is 1. The molecular weight excluding hydrogens is 438 g/mol. The number of carbonyl (C=O) groups is 3. The average molecular weight is 460 g/mol. The topological polar surface area (TPSA) is 92.5 Å². The summed E-state index contributed by atoms with van der Waals surface area (Å²) in [6.07, 6.45) is 6.38. The summed E-state index contributed by atoms with van der Waals surface area (Å²) in [5.41, 5.74) is 1.74. The molecule has 5 atom stereocenters. The molecule has 0 spiro atoms. The van der Waals surface area contributed by atoms with Gasteiger partial charge in [0.25, 0.3) is 0 Å². The van der Waals surface area contributed by atoms with Crippen molar-refractivity contribution in [1.29, 1.82) is 0 Å². The van der Waals surface area contributed by atoms with Crippen molar-refractivity contribution >= 4 is 34.2 Å². The number of thiazole rings is 1. The van der Waals surface area contributed by atoms with E-state index in [9.17, 15) is 14.4 Å². The highest BCUT2D eigenvalue weighted by atomic mass is 32.1. The van der Waals surface area contributed by atoms with Gasteiger partial charge in [-0.05, 0) is 30.4 Å². The van der Waals surface area contributed by atoms with Gasteiger partial charge in [0, 0.05) is 10.9 Å². The first-order valence-corrected chi connectivity index (χ1v) is 11.9. The van der Waals surface area contributed by atoms with E-state index in [1.807, 2.05) is 35.7 Å². The summed E-state index contributed by atoms with van der Waals surface area (Å²) in [5.74, 6) is -0.715. The molecule has 5 unspecified atom stereocenters. The summed E-state index contributed by atoms with van der Waals surface area (Å²) < 4.78 is 5.55. The monoisotopic (exact) mass is 459 g/mol. The van der Waals surface area contributed by atoms with E-state index >= 15 is 0 Å². The minimum absolute atomic E-state index is 0.0898. The maximum atomic E-state index is 13.3. The number of hydrogen-bond acceptors (Lipinski definition) is 6. The SMILES string of the molecule is O=C(CC(c1ccco1)N1C(=O)C2C3C=CC(C3)C2C1=O)Nc1nc(-c2ccccc2)cs1. The zero-order chi connectivity index (χ0) is 22.5. The first kappa shape index (κ1) is 20.1. The lowest BCUT2D eigenvalue weighted by molar-refractivity contribution is -0.144. The lowest BCUT2D eigenvalue weighted by Crippen LogP contribution is -2.38. The number of imide groups is 1. The maximum absolute atomic E-state index is 13.3. The van der Waals surface area contributed by atoms with Crippen LogP contribution in [0.5, 0.6) is 0 Å². The molecule has 166 valence electrons. The number of benzene rings is 1. The Labute approximate surface area is 194 Å². The average Bonchev–Trinajstić information content (AvgIpc) is 3.64. The predicted octanol–water partition coefficient (Wildman–Crippen LogP) is 4.28. The second-order valence-electron chi connectivity index (χ2n) is 8.73. The van der Waals surface area contributed by atoms with E-state index in [1.54, 1.807) is 12.1 Å². The van der Waals surface area contributed by atoms with Gasteiger partial charge >= 0.3 is 0 Å². The van der Waals surface area contributed by atoms with E-state index in [0.717, 1.165) is 17.7 Å². The van der Waals surface area contributed by atoms with Gasteiger partial charge in [-0.1, -0.05) is 42.5 Å². The van der Waals surface area contributed by atoms with Crippen LogP contribution in [0.1, 0.15) is 24.6 Å². The van der Waals surface area contributed by atoms with Crippen LogP contribution < -0.4 is 5.32 Å². The molecule has 3 aliphatic rings. The fourth-order valence-corrected chi connectivity index (χ4v) is 6.19. The molecule has 2 aliphatic carbocycles.